The van der Waals surface area contributed by atoms with Gasteiger partial charge in [-0.1, -0.05) is 61.5 Å². The Balaban J connectivity index is 0.000000640. The summed E-state index contributed by atoms with van der Waals surface area (Å²) in [6.07, 6.45) is 8.49. The maximum absolute atomic E-state index is 12.5. The first-order chi connectivity index (χ1) is 13.1. The van der Waals surface area contributed by atoms with Crippen LogP contribution < -0.4 is 62.0 Å². The number of nitrogens with one attached hydrogen (secondary N) is 2. The summed E-state index contributed by atoms with van der Waals surface area (Å²) in [5, 5.41) is 10.8. The largest absolute Gasteiger partial charge is 1.00 e. The molecule has 2 fully saturated rings. The molecule has 1 aromatic carbocycles. The predicted molar refractivity (Wildman–Crippen MR) is 111 cm³/mol. The quantitative estimate of drug-likeness (QED) is 0.672. The molecule has 2 N–H and O–H groups in total. The van der Waals surface area contributed by atoms with Crippen LogP contribution in [0.5, 0.6) is 0 Å². The summed E-state index contributed by atoms with van der Waals surface area (Å²) in [6, 6.07) is 7.50. The second-order valence-corrected chi connectivity index (χ2v) is 7.55. The number of nitrogens with zero attached hydrogens (tertiary/aromatic N) is 2. The molecule has 144 valence electrons. The summed E-state index contributed by atoms with van der Waals surface area (Å²) >= 11 is 12.6. The topological polar surface area (TPSA) is 68.1 Å². The Morgan fingerprint density at radius 1 is 1.18 bits per heavy atom. The third-order valence-electron chi connectivity index (χ3n) is 4.09. The standard InChI is InChI=1S/C17H18Cl2N4O.C3H6.K/c1-20-15-8-12(4-5-21-15)23-17(24)16-13(18)6-10(7-14(16)19)9-22-11-2-3-11;1-2-3-1;/h4-8,11,22H,2-3,9H2,1H3,(H2,20,21,23,24);1-3H2;/q;;+1/p-1. The first-order valence-corrected chi connectivity index (χ1v) is 9.91. The number of amides is 1. The monoisotopic (exact) mass is 444 g/mol. The average molecular weight is 445 g/mol. The molecule has 0 saturated heterocycles. The fourth-order valence-corrected chi connectivity index (χ4v) is 3.01. The molecule has 1 aromatic heterocycles. The molecule has 8 heteroatoms. The van der Waals surface area contributed by atoms with Crippen molar-refractivity contribution < 1.29 is 56.2 Å². The van der Waals surface area contributed by atoms with Gasteiger partial charge in [-0.05, 0) is 42.7 Å². The van der Waals surface area contributed by atoms with Crippen LogP contribution in [0.1, 0.15) is 48.0 Å². The van der Waals surface area contributed by atoms with Gasteiger partial charge in [-0.15, -0.1) is 0 Å². The van der Waals surface area contributed by atoms with Gasteiger partial charge in [-0.2, -0.15) is 0 Å². The minimum Gasteiger partial charge on any atom is -0.469 e. The van der Waals surface area contributed by atoms with Crippen LogP contribution in [0, 0.1) is 0 Å². The van der Waals surface area contributed by atoms with Crippen LogP contribution in [0.25, 0.3) is 5.32 Å². The predicted octanol–water partition coefficient (Wildman–Crippen LogP) is 2.70. The Labute approximate surface area is 218 Å². The molecule has 0 aliphatic heterocycles. The molecule has 0 spiro atoms. The summed E-state index contributed by atoms with van der Waals surface area (Å²) in [5.41, 5.74) is 1.81. The molecule has 2 saturated carbocycles. The van der Waals surface area contributed by atoms with Gasteiger partial charge < -0.3 is 20.9 Å². The zero-order chi connectivity index (χ0) is 19.2. The number of rotatable bonds is 6. The molecule has 0 atom stereocenters. The molecule has 4 rings (SSSR count). The molecule has 0 radical (unpaired) electrons. The van der Waals surface area contributed by atoms with Crippen LogP contribution in [0.4, 0.5) is 11.5 Å². The summed E-state index contributed by atoms with van der Waals surface area (Å²) < 4.78 is 0. The van der Waals surface area contributed by atoms with Gasteiger partial charge in [0, 0.05) is 18.3 Å². The van der Waals surface area contributed by atoms with Crippen molar-refractivity contribution in [2.75, 3.05) is 12.4 Å². The molecule has 5 nitrogen and oxygen atoms in total. The number of carbonyl (C=O) groups excluding carboxylic acids is 1. The Hall–Kier alpha value is -0.184. The fraction of sp³-hybridized carbons (Fsp3) is 0.400. The maximum atomic E-state index is 12.5. The summed E-state index contributed by atoms with van der Waals surface area (Å²) in [7, 11) is 1.63. The number of hydrogen-bond donors (Lipinski definition) is 2. The number of halogens is 2. The second kappa shape index (κ2) is 11.9. The van der Waals surface area contributed by atoms with E-state index in [1.807, 2.05) is 0 Å². The van der Waals surface area contributed by atoms with Crippen molar-refractivity contribution in [1.82, 2.24) is 10.3 Å². The van der Waals surface area contributed by atoms with Crippen molar-refractivity contribution in [2.24, 2.45) is 0 Å². The van der Waals surface area contributed by atoms with E-state index < -0.39 is 0 Å². The number of pyridine rings is 1. The molecule has 28 heavy (non-hydrogen) atoms. The molecule has 2 aromatic rings. The maximum Gasteiger partial charge on any atom is 1.00 e. The Bertz CT molecular complexity index is 787. The third-order valence-corrected chi connectivity index (χ3v) is 4.68. The zero-order valence-electron chi connectivity index (χ0n) is 16.3. The van der Waals surface area contributed by atoms with Gasteiger partial charge in [-0.3, -0.25) is 4.79 Å². The van der Waals surface area contributed by atoms with E-state index in [0.29, 0.717) is 34.1 Å². The van der Waals surface area contributed by atoms with Crippen LogP contribution in [0.3, 0.4) is 0 Å². The van der Waals surface area contributed by atoms with E-state index in [0.717, 1.165) is 5.56 Å². The van der Waals surface area contributed by atoms with Gasteiger partial charge in [0.1, 0.15) is 0 Å². The first kappa shape index (κ1) is 24.1. The van der Waals surface area contributed by atoms with Gasteiger partial charge in [0.2, 0.25) is 0 Å². The van der Waals surface area contributed by atoms with Crippen molar-refractivity contribution in [3.8, 4) is 0 Å². The third kappa shape index (κ3) is 7.92. The summed E-state index contributed by atoms with van der Waals surface area (Å²) in [4.78, 5) is 16.5. The summed E-state index contributed by atoms with van der Waals surface area (Å²) in [5.74, 6) is 0.173. The average Bonchev–Trinajstić information content (AvgIpc) is 3.52. The van der Waals surface area contributed by atoms with Gasteiger partial charge in [0.05, 0.1) is 15.6 Å². The molecular weight excluding hydrogens is 422 g/mol. The van der Waals surface area contributed by atoms with E-state index in [-0.39, 0.29) is 62.9 Å². The number of aromatic nitrogens is 1. The van der Waals surface area contributed by atoms with Gasteiger partial charge in [-0.25, -0.2) is 0 Å². The Morgan fingerprint density at radius 3 is 2.36 bits per heavy atom. The minimum atomic E-state index is -0.361. The van der Waals surface area contributed by atoms with Crippen molar-refractivity contribution in [2.45, 2.75) is 44.7 Å². The number of anilines is 1. The molecule has 2 aliphatic rings. The van der Waals surface area contributed by atoms with E-state index >= 15 is 0 Å². The normalized spacial score (nSPS) is 14.2. The van der Waals surface area contributed by atoms with Crippen LogP contribution >= 0.6 is 23.2 Å². The first-order valence-electron chi connectivity index (χ1n) is 9.15. The zero-order valence-corrected chi connectivity index (χ0v) is 20.9. The van der Waals surface area contributed by atoms with Gasteiger partial charge in [0.15, 0.2) is 0 Å². The van der Waals surface area contributed by atoms with Crippen LogP contribution in [0.15, 0.2) is 30.5 Å². The van der Waals surface area contributed by atoms with E-state index in [1.54, 1.807) is 37.5 Å². The molecule has 0 bridgehead atoms. The number of benzene rings is 1. The molecule has 2 aliphatic carbocycles. The molecule has 1 heterocycles. The van der Waals surface area contributed by atoms with Crippen molar-refractivity contribution in [3.05, 3.63) is 57.0 Å². The van der Waals surface area contributed by atoms with Crippen LogP contribution in [-0.4, -0.2) is 24.0 Å². The van der Waals surface area contributed by atoms with Gasteiger partial charge >= 0.3 is 51.4 Å². The van der Waals surface area contributed by atoms with Crippen LogP contribution in [-0.2, 0) is 6.54 Å². The molecule has 1 amide bonds. The number of carbonyl (C=O) groups is 1. The Morgan fingerprint density at radius 2 is 1.82 bits per heavy atom. The van der Waals surface area contributed by atoms with Crippen molar-refractivity contribution >= 4 is 40.6 Å². The van der Waals surface area contributed by atoms with Crippen molar-refractivity contribution in [3.63, 3.8) is 0 Å². The van der Waals surface area contributed by atoms with Crippen LogP contribution in [0.2, 0.25) is 10.0 Å². The van der Waals surface area contributed by atoms with E-state index in [1.165, 1.54) is 32.1 Å². The summed E-state index contributed by atoms with van der Waals surface area (Å²) in [6.45, 7) is 0.692. The smallest absolute Gasteiger partial charge is 0.469 e. The van der Waals surface area contributed by atoms with Crippen molar-refractivity contribution in [1.29, 1.82) is 0 Å². The molecular formula is C20H23Cl2KN4O. The fourth-order valence-electron chi connectivity index (χ4n) is 2.31. The molecule has 0 unspecified atom stereocenters. The minimum absolute atomic E-state index is 0. The van der Waals surface area contributed by atoms with E-state index in [2.05, 4.69) is 20.9 Å². The van der Waals surface area contributed by atoms with Gasteiger partial charge in [0.25, 0.3) is 5.91 Å². The Kier molecular flexibility index (Phi) is 10.2. The number of hydrogen-bond acceptors (Lipinski definition) is 3. The SMILES string of the molecule is C1CC1.C[N-]c1cc(NC(=O)c2c(Cl)cc(CNC3CC3)cc2Cl)ccn1.[K+]. The van der Waals surface area contributed by atoms with E-state index in [9.17, 15) is 4.79 Å². The van der Waals surface area contributed by atoms with E-state index in [4.69, 9.17) is 23.2 Å². The second-order valence-electron chi connectivity index (χ2n) is 6.73.